The lowest BCUT2D eigenvalue weighted by molar-refractivity contribution is 0.614. The van der Waals surface area contributed by atoms with Crippen LogP contribution < -0.4 is 0 Å². The number of benzene rings is 1. The van der Waals surface area contributed by atoms with Crippen molar-refractivity contribution < 1.29 is 4.39 Å². The van der Waals surface area contributed by atoms with Gasteiger partial charge >= 0.3 is 0 Å². The highest BCUT2D eigenvalue weighted by atomic mass is 19.1. The lowest BCUT2D eigenvalue weighted by Crippen LogP contribution is -2.03. The molecule has 0 aliphatic carbocycles. The lowest BCUT2D eigenvalue weighted by atomic mass is 10.1. The van der Waals surface area contributed by atoms with Crippen molar-refractivity contribution in [2.75, 3.05) is 0 Å². The Bertz CT molecular complexity index is 538. The number of rotatable bonds is 2. The minimum Gasteiger partial charge on any atom is -0.268 e. The second kappa shape index (κ2) is 4.15. The number of aromatic nitrogens is 2. The molecule has 4 heteroatoms. The van der Waals surface area contributed by atoms with Crippen LogP contribution in [0.4, 0.5) is 4.39 Å². The highest BCUT2D eigenvalue weighted by molar-refractivity contribution is 5.38. The summed E-state index contributed by atoms with van der Waals surface area (Å²) >= 11 is 0. The van der Waals surface area contributed by atoms with E-state index in [1.165, 1.54) is 6.07 Å². The molecular weight excluding hydrogens is 205 g/mol. The van der Waals surface area contributed by atoms with Gasteiger partial charge in [0, 0.05) is 12.4 Å². The monoisotopic (exact) mass is 215 g/mol. The molecule has 2 aromatic rings. The van der Waals surface area contributed by atoms with Crippen LogP contribution in [-0.4, -0.2) is 9.78 Å². The number of nitriles is 1. The van der Waals surface area contributed by atoms with Gasteiger partial charge in [-0.2, -0.15) is 10.4 Å². The second-order valence-corrected chi connectivity index (χ2v) is 3.57. The molecule has 0 saturated heterocycles. The van der Waals surface area contributed by atoms with Gasteiger partial charge < -0.3 is 0 Å². The highest BCUT2D eigenvalue weighted by Crippen LogP contribution is 2.15. The lowest BCUT2D eigenvalue weighted by Gasteiger charge is -2.07. The standard InChI is InChI=1S/C12H10FN3/c1-9-5-10(7-14)12(13)6-11(9)8-16-4-2-3-15-16/h2-6H,8H2,1H3. The Kier molecular flexibility index (Phi) is 2.69. The molecule has 0 atom stereocenters. The molecule has 0 saturated carbocycles. The van der Waals surface area contributed by atoms with Gasteiger partial charge in [-0.1, -0.05) is 0 Å². The summed E-state index contributed by atoms with van der Waals surface area (Å²) in [4.78, 5) is 0. The van der Waals surface area contributed by atoms with Crippen LogP contribution in [0.25, 0.3) is 0 Å². The van der Waals surface area contributed by atoms with Crippen molar-refractivity contribution in [3.05, 3.63) is 53.1 Å². The zero-order valence-corrected chi connectivity index (χ0v) is 8.81. The van der Waals surface area contributed by atoms with E-state index in [9.17, 15) is 4.39 Å². The fourth-order valence-corrected chi connectivity index (χ4v) is 1.55. The van der Waals surface area contributed by atoms with Crippen molar-refractivity contribution in [1.82, 2.24) is 9.78 Å². The minimum atomic E-state index is -0.477. The van der Waals surface area contributed by atoms with Crippen LogP contribution in [0.15, 0.2) is 30.6 Å². The number of aryl methyl sites for hydroxylation is 1. The van der Waals surface area contributed by atoms with Crippen molar-refractivity contribution in [1.29, 1.82) is 5.26 Å². The first-order valence-electron chi connectivity index (χ1n) is 4.87. The van der Waals surface area contributed by atoms with Gasteiger partial charge in [-0.15, -0.1) is 0 Å². The summed E-state index contributed by atoms with van der Waals surface area (Å²) < 4.78 is 15.1. The number of nitrogens with zero attached hydrogens (tertiary/aromatic N) is 3. The smallest absolute Gasteiger partial charge is 0.141 e. The molecule has 16 heavy (non-hydrogen) atoms. The maximum absolute atomic E-state index is 13.4. The molecule has 1 aromatic carbocycles. The van der Waals surface area contributed by atoms with Crippen LogP contribution in [0.1, 0.15) is 16.7 Å². The van der Waals surface area contributed by atoms with Gasteiger partial charge in [-0.05, 0) is 36.2 Å². The van der Waals surface area contributed by atoms with E-state index < -0.39 is 5.82 Å². The predicted molar refractivity (Wildman–Crippen MR) is 57.2 cm³/mol. The maximum atomic E-state index is 13.4. The SMILES string of the molecule is Cc1cc(C#N)c(F)cc1Cn1cccn1. The van der Waals surface area contributed by atoms with Crippen molar-refractivity contribution in [3.63, 3.8) is 0 Å². The Labute approximate surface area is 92.7 Å². The first kappa shape index (κ1) is 10.4. The van der Waals surface area contributed by atoms with Gasteiger partial charge in [0.05, 0.1) is 12.1 Å². The molecule has 1 aromatic heterocycles. The quantitative estimate of drug-likeness (QED) is 0.771. The number of hydrogen-bond acceptors (Lipinski definition) is 2. The van der Waals surface area contributed by atoms with E-state index >= 15 is 0 Å². The third kappa shape index (κ3) is 1.94. The van der Waals surface area contributed by atoms with Crippen molar-refractivity contribution in [2.45, 2.75) is 13.5 Å². The summed E-state index contributed by atoms with van der Waals surface area (Å²) in [5.74, 6) is -0.477. The molecule has 80 valence electrons. The first-order chi connectivity index (χ1) is 7.70. The molecule has 3 nitrogen and oxygen atoms in total. The minimum absolute atomic E-state index is 0.0849. The normalized spacial score (nSPS) is 10.1. The Morgan fingerprint density at radius 3 is 2.94 bits per heavy atom. The van der Waals surface area contributed by atoms with Gasteiger partial charge in [0.25, 0.3) is 0 Å². The summed E-state index contributed by atoms with van der Waals surface area (Å²) in [5.41, 5.74) is 1.82. The molecule has 0 aliphatic heterocycles. The third-order valence-electron chi connectivity index (χ3n) is 2.44. The van der Waals surface area contributed by atoms with Crippen LogP contribution in [0.3, 0.4) is 0 Å². The van der Waals surface area contributed by atoms with Crippen LogP contribution in [0.5, 0.6) is 0 Å². The van der Waals surface area contributed by atoms with E-state index in [4.69, 9.17) is 5.26 Å². The largest absolute Gasteiger partial charge is 0.268 e. The second-order valence-electron chi connectivity index (χ2n) is 3.57. The van der Waals surface area contributed by atoms with Crippen molar-refractivity contribution in [2.24, 2.45) is 0 Å². The molecule has 0 unspecified atom stereocenters. The summed E-state index contributed by atoms with van der Waals surface area (Å²) in [7, 11) is 0. The summed E-state index contributed by atoms with van der Waals surface area (Å²) in [6.07, 6.45) is 3.49. The van der Waals surface area contributed by atoms with Gasteiger partial charge in [-0.3, -0.25) is 4.68 Å². The van der Waals surface area contributed by atoms with Crippen molar-refractivity contribution >= 4 is 0 Å². The number of hydrogen-bond donors (Lipinski definition) is 0. The highest BCUT2D eigenvalue weighted by Gasteiger charge is 2.07. The molecular formula is C12H10FN3. The summed E-state index contributed by atoms with van der Waals surface area (Å²) in [5, 5.41) is 12.7. The maximum Gasteiger partial charge on any atom is 0.141 e. The first-order valence-corrected chi connectivity index (χ1v) is 4.87. The average Bonchev–Trinajstić information content (AvgIpc) is 2.75. The Morgan fingerprint density at radius 2 is 2.31 bits per heavy atom. The molecule has 0 amide bonds. The molecule has 0 fully saturated rings. The zero-order chi connectivity index (χ0) is 11.5. The fraction of sp³-hybridized carbons (Fsp3) is 0.167. The van der Waals surface area contributed by atoms with Crippen LogP contribution in [-0.2, 0) is 6.54 Å². The summed E-state index contributed by atoms with van der Waals surface area (Å²) in [6.45, 7) is 2.38. The van der Waals surface area contributed by atoms with Gasteiger partial charge in [0.1, 0.15) is 11.9 Å². The third-order valence-corrected chi connectivity index (χ3v) is 2.44. The molecule has 2 rings (SSSR count). The van der Waals surface area contributed by atoms with Crippen LogP contribution in [0, 0.1) is 24.1 Å². The van der Waals surface area contributed by atoms with E-state index in [0.717, 1.165) is 11.1 Å². The van der Waals surface area contributed by atoms with Crippen molar-refractivity contribution in [3.8, 4) is 6.07 Å². The number of halogens is 1. The molecule has 0 N–H and O–H groups in total. The molecule has 0 aliphatic rings. The average molecular weight is 215 g/mol. The fourth-order valence-electron chi connectivity index (χ4n) is 1.55. The van der Waals surface area contributed by atoms with Crippen LogP contribution in [0.2, 0.25) is 0 Å². The Balaban J connectivity index is 2.36. The Morgan fingerprint density at radius 1 is 1.50 bits per heavy atom. The van der Waals surface area contributed by atoms with E-state index in [0.29, 0.717) is 6.54 Å². The topological polar surface area (TPSA) is 41.6 Å². The van der Waals surface area contributed by atoms with E-state index in [2.05, 4.69) is 5.10 Å². The van der Waals surface area contributed by atoms with E-state index in [-0.39, 0.29) is 5.56 Å². The predicted octanol–water partition coefficient (Wildman–Crippen LogP) is 2.25. The molecule has 0 spiro atoms. The molecule has 0 bridgehead atoms. The van der Waals surface area contributed by atoms with Gasteiger partial charge in [0.15, 0.2) is 0 Å². The zero-order valence-electron chi connectivity index (χ0n) is 8.81. The summed E-state index contributed by atoms with van der Waals surface area (Å²) in [6, 6.07) is 6.60. The van der Waals surface area contributed by atoms with Gasteiger partial charge in [-0.25, -0.2) is 4.39 Å². The Hall–Kier alpha value is -2.15. The molecule has 0 radical (unpaired) electrons. The van der Waals surface area contributed by atoms with Crippen LogP contribution >= 0.6 is 0 Å². The van der Waals surface area contributed by atoms with E-state index in [1.807, 2.05) is 25.3 Å². The van der Waals surface area contributed by atoms with E-state index in [1.54, 1.807) is 16.9 Å². The molecule has 1 heterocycles. The van der Waals surface area contributed by atoms with Gasteiger partial charge in [0.2, 0.25) is 0 Å².